The molecule has 0 bridgehead atoms. The molecule has 1 saturated carbocycles. The van der Waals surface area contributed by atoms with Gasteiger partial charge in [-0.15, -0.1) is 0 Å². The Kier molecular flexibility index (Phi) is 4.62. The second-order valence-corrected chi connectivity index (χ2v) is 6.94. The smallest absolute Gasteiger partial charge is 0.228 e. The lowest BCUT2D eigenvalue weighted by molar-refractivity contribution is -0.122. The zero-order chi connectivity index (χ0) is 18.1. The summed E-state index contributed by atoms with van der Waals surface area (Å²) in [5.74, 6) is -0.637. The summed E-state index contributed by atoms with van der Waals surface area (Å²) < 4.78 is 0. The highest BCUT2D eigenvalue weighted by Crippen LogP contribution is 2.40. The third-order valence-electron chi connectivity index (χ3n) is 5.06. The minimum atomic E-state index is -0.246. The van der Waals surface area contributed by atoms with Gasteiger partial charge in [0.25, 0.3) is 0 Å². The summed E-state index contributed by atoms with van der Waals surface area (Å²) in [5.41, 5.74) is 5.95. The van der Waals surface area contributed by atoms with Gasteiger partial charge in [-0.2, -0.15) is 0 Å². The fraction of sp³-hybridized carbons (Fsp3) is 0.333. The molecule has 2 amide bonds. The highest BCUT2D eigenvalue weighted by molar-refractivity contribution is 6.04. The minimum Gasteiger partial charge on any atom is -0.326 e. The molecule has 2 atom stereocenters. The van der Waals surface area contributed by atoms with Crippen LogP contribution in [0.2, 0.25) is 0 Å². The molecule has 4 heteroatoms. The maximum atomic E-state index is 12.5. The van der Waals surface area contributed by atoms with E-state index in [-0.39, 0.29) is 23.7 Å². The van der Waals surface area contributed by atoms with Gasteiger partial charge < -0.3 is 10.6 Å². The third kappa shape index (κ3) is 3.58. The van der Waals surface area contributed by atoms with E-state index in [1.54, 1.807) is 0 Å². The van der Waals surface area contributed by atoms with Gasteiger partial charge in [0.2, 0.25) is 11.8 Å². The highest BCUT2D eigenvalue weighted by Gasteiger charge is 2.48. The van der Waals surface area contributed by atoms with Gasteiger partial charge in [-0.25, -0.2) is 0 Å². The fourth-order valence-electron chi connectivity index (χ4n) is 3.11. The number of carbonyl (C=O) groups is 2. The van der Waals surface area contributed by atoms with Gasteiger partial charge in [-0.1, -0.05) is 30.3 Å². The number of hydrogen-bond donors (Lipinski definition) is 2. The van der Waals surface area contributed by atoms with E-state index in [1.807, 2.05) is 64.1 Å². The maximum Gasteiger partial charge on any atom is 0.228 e. The van der Waals surface area contributed by atoms with Crippen LogP contribution in [0.25, 0.3) is 0 Å². The van der Waals surface area contributed by atoms with Gasteiger partial charge in [0.05, 0.1) is 11.8 Å². The van der Waals surface area contributed by atoms with E-state index >= 15 is 0 Å². The third-order valence-corrected chi connectivity index (χ3v) is 5.06. The molecule has 0 heterocycles. The van der Waals surface area contributed by atoms with Crippen molar-refractivity contribution in [1.29, 1.82) is 0 Å². The Balaban J connectivity index is 1.63. The number of carbonyl (C=O) groups excluding carboxylic acids is 2. The van der Waals surface area contributed by atoms with Gasteiger partial charge in [-0.3, -0.25) is 9.59 Å². The predicted octanol–water partition coefficient (Wildman–Crippen LogP) is 4.13. The van der Waals surface area contributed by atoms with Gasteiger partial charge >= 0.3 is 0 Å². The first-order valence-electron chi connectivity index (χ1n) is 8.62. The molecule has 0 aliphatic heterocycles. The van der Waals surface area contributed by atoms with Crippen molar-refractivity contribution in [2.75, 3.05) is 10.6 Å². The van der Waals surface area contributed by atoms with Crippen LogP contribution in [0.5, 0.6) is 0 Å². The number of rotatable bonds is 4. The highest BCUT2D eigenvalue weighted by atomic mass is 16.2. The van der Waals surface area contributed by atoms with Gasteiger partial charge in [0.1, 0.15) is 0 Å². The SMILES string of the molecule is Cc1cccc(NC(=O)C2CC2C(=O)Nc2c(C)cccc2C)c1C. The van der Waals surface area contributed by atoms with Crippen molar-refractivity contribution >= 4 is 23.2 Å². The molecular formula is C21H24N2O2. The molecule has 25 heavy (non-hydrogen) atoms. The summed E-state index contributed by atoms with van der Waals surface area (Å²) >= 11 is 0. The zero-order valence-electron chi connectivity index (χ0n) is 15.1. The Morgan fingerprint density at radius 2 is 1.32 bits per heavy atom. The lowest BCUT2D eigenvalue weighted by Gasteiger charge is -2.12. The van der Waals surface area contributed by atoms with Crippen LogP contribution in [0.15, 0.2) is 36.4 Å². The van der Waals surface area contributed by atoms with E-state index < -0.39 is 0 Å². The molecule has 3 rings (SSSR count). The Labute approximate surface area is 148 Å². The van der Waals surface area contributed by atoms with Crippen LogP contribution in [0, 0.1) is 39.5 Å². The molecular weight excluding hydrogens is 312 g/mol. The van der Waals surface area contributed by atoms with E-state index in [0.29, 0.717) is 6.42 Å². The van der Waals surface area contributed by atoms with Crippen molar-refractivity contribution in [3.8, 4) is 0 Å². The lowest BCUT2D eigenvalue weighted by atomic mass is 10.1. The van der Waals surface area contributed by atoms with Crippen LogP contribution >= 0.6 is 0 Å². The number of hydrogen-bond acceptors (Lipinski definition) is 2. The second kappa shape index (κ2) is 6.71. The van der Waals surface area contributed by atoms with Crippen molar-refractivity contribution < 1.29 is 9.59 Å². The van der Waals surface area contributed by atoms with E-state index in [1.165, 1.54) is 0 Å². The molecule has 2 N–H and O–H groups in total. The van der Waals surface area contributed by atoms with Gasteiger partial charge in [0.15, 0.2) is 0 Å². The molecule has 2 aromatic carbocycles. The molecule has 0 radical (unpaired) electrons. The van der Waals surface area contributed by atoms with E-state index in [2.05, 4.69) is 10.6 Å². The molecule has 2 unspecified atom stereocenters. The van der Waals surface area contributed by atoms with Crippen LogP contribution in [-0.4, -0.2) is 11.8 Å². The molecule has 1 fully saturated rings. The molecule has 0 aromatic heterocycles. The Hall–Kier alpha value is -2.62. The molecule has 0 saturated heterocycles. The van der Waals surface area contributed by atoms with Crippen molar-refractivity contribution in [3.05, 3.63) is 58.7 Å². The lowest BCUT2D eigenvalue weighted by Crippen LogP contribution is -2.21. The molecule has 1 aliphatic rings. The minimum absolute atomic E-state index is 0.0708. The van der Waals surface area contributed by atoms with Gasteiger partial charge in [-0.05, 0) is 62.4 Å². The normalized spacial score (nSPS) is 18.6. The average molecular weight is 336 g/mol. The predicted molar refractivity (Wildman–Crippen MR) is 101 cm³/mol. The second-order valence-electron chi connectivity index (χ2n) is 6.94. The van der Waals surface area contributed by atoms with Crippen molar-refractivity contribution in [2.24, 2.45) is 11.8 Å². The Morgan fingerprint density at radius 1 is 0.800 bits per heavy atom. The first kappa shape index (κ1) is 17.2. The summed E-state index contributed by atoms with van der Waals surface area (Å²) in [6.07, 6.45) is 0.605. The Morgan fingerprint density at radius 3 is 1.96 bits per heavy atom. The fourth-order valence-corrected chi connectivity index (χ4v) is 3.11. The number of aryl methyl sites for hydroxylation is 3. The summed E-state index contributed by atoms with van der Waals surface area (Å²) in [5, 5.41) is 5.96. The van der Waals surface area contributed by atoms with Crippen LogP contribution in [0.1, 0.15) is 28.7 Å². The quantitative estimate of drug-likeness (QED) is 0.882. The van der Waals surface area contributed by atoms with E-state index in [0.717, 1.165) is 33.6 Å². The standard InChI is InChI=1S/C21H24N2O2/c1-12-7-6-10-18(15(12)4)22-20(24)16-11-17(16)21(25)23-19-13(2)8-5-9-14(19)3/h5-10,16-17H,11H2,1-4H3,(H,22,24)(H,23,25). The average Bonchev–Trinajstić information content (AvgIpc) is 3.36. The van der Waals surface area contributed by atoms with Crippen molar-refractivity contribution in [2.45, 2.75) is 34.1 Å². The van der Waals surface area contributed by atoms with E-state index in [4.69, 9.17) is 0 Å². The number of nitrogens with one attached hydrogen (secondary N) is 2. The summed E-state index contributed by atoms with van der Waals surface area (Å²) in [6, 6.07) is 11.8. The van der Waals surface area contributed by atoms with Crippen LogP contribution in [-0.2, 0) is 9.59 Å². The number of anilines is 2. The number of benzene rings is 2. The van der Waals surface area contributed by atoms with Crippen molar-refractivity contribution in [1.82, 2.24) is 0 Å². The first-order chi connectivity index (χ1) is 11.9. The number of amides is 2. The zero-order valence-corrected chi connectivity index (χ0v) is 15.1. The number of para-hydroxylation sites is 1. The summed E-state index contributed by atoms with van der Waals surface area (Å²) in [4.78, 5) is 24.9. The molecule has 0 spiro atoms. The maximum absolute atomic E-state index is 12.5. The first-order valence-corrected chi connectivity index (χ1v) is 8.62. The molecule has 4 nitrogen and oxygen atoms in total. The van der Waals surface area contributed by atoms with Gasteiger partial charge in [0, 0.05) is 11.4 Å². The van der Waals surface area contributed by atoms with E-state index in [9.17, 15) is 9.59 Å². The van der Waals surface area contributed by atoms with Crippen molar-refractivity contribution in [3.63, 3.8) is 0 Å². The van der Waals surface area contributed by atoms with Crippen LogP contribution in [0.4, 0.5) is 11.4 Å². The summed E-state index contributed by atoms with van der Waals surface area (Å²) in [6.45, 7) is 7.95. The summed E-state index contributed by atoms with van der Waals surface area (Å²) in [7, 11) is 0. The molecule has 2 aromatic rings. The molecule has 1 aliphatic carbocycles. The Bertz CT molecular complexity index is 822. The monoisotopic (exact) mass is 336 g/mol. The topological polar surface area (TPSA) is 58.2 Å². The molecule has 130 valence electrons. The van der Waals surface area contributed by atoms with Crippen LogP contribution in [0.3, 0.4) is 0 Å². The largest absolute Gasteiger partial charge is 0.326 e. The van der Waals surface area contributed by atoms with Crippen LogP contribution < -0.4 is 10.6 Å².